The number of hydrogen-bond donors (Lipinski definition) is 0. The van der Waals surface area contributed by atoms with Crippen LogP contribution >= 0.6 is 0 Å². The molecular weight excluding hydrogens is 168 g/mol. The van der Waals surface area contributed by atoms with Gasteiger partial charge in [-0.1, -0.05) is 48.1 Å². The molecule has 0 bridgehead atoms. The summed E-state index contributed by atoms with van der Waals surface area (Å²) in [5.41, 5.74) is 6.86. The summed E-state index contributed by atoms with van der Waals surface area (Å²) in [6.45, 7) is 2.09. The molecule has 0 heterocycles. The van der Waals surface area contributed by atoms with E-state index in [2.05, 4.69) is 43.0 Å². The Morgan fingerprint density at radius 1 is 1.00 bits per heavy atom. The van der Waals surface area contributed by atoms with Crippen LogP contribution in [0.4, 0.5) is 0 Å². The first kappa shape index (κ1) is 8.80. The summed E-state index contributed by atoms with van der Waals surface area (Å²) in [6.07, 6.45) is 8.24. The molecule has 0 saturated heterocycles. The lowest BCUT2D eigenvalue weighted by Crippen LogP contribution is -1.77. The van der Waals surface area contributed by atoms with E-state index in [9.17, 15) is 0 Å². The van der Waals surface area contributed by atoms with E-state index in [1.165, 1.54) is 11.1 Å². The minimum absolute atomic E-state index is 1.14. The normalized spacial score (nSPS) is 14.6. The van der Waals surface area contributed by atoms with Crippen LogP contribution in [-0.4, -0.2) is 0 Å². The van der Waals surface area contributed by atoms with Gasteiger partial charge >= 0.3 is 0 Å². The van der Waals surface area contributed by atoms with Gasteiger partial charge in [-0.2, -0.15) is 0 Å². The summed E-state index contributed by atoms with van der Waals surface area (Å²) in [5.74, 6) is 0. The average Bonchev–Trinajstić information content (AvgIpc) is 2.44. The Bertz CT molecular complexity index is 438. The molecular formula is C14H12. The van der Waals surface area contributed by atoms with Crippen LogP contribution < -0.4 is 0 Å². The molecule has 68 valence electrons. The van der Waals surface area contributed by atoms with Crippen LogP contribution in [0.25, 0.3) is 5.57 Å². The van der Waals surface area contributed by atoms with Crippen LogP contribution in [0.15, 0.2) is 65.9 Å². The lowest BCUT2D eigenvalue weighted by molar-refractivity contribution is 1.53. The van der Waals surface area contributed by atoms with Gasteiger partial charge in [-0.3, -0.25) is 0 Å². The molecule has 1 aliphatic rings. The lowest BCUT2D eigenvalue weighted by atomic mass is 10.1. The van der Waals surface area contributed by atoms with Gasteiger partial charge < -0.3 is 0 Å². The molecule has 1 aliphatic carbocycles. The summed E-state index contributed by atoms with van der Waals surface area (Å²) in [6, 6.07) is 10.3. The first-order chi connectivity index (χ1) is 6.86. The van der Waals surface area contributed by atoms with E-state index in [0.29, 0.717) is 0 Å². The van der Waals surface area contributed by atoms with Crippen molar-refractivity contribution in [2.45, 2.75) is 6.92 Å². The van der Waals surface area contributed by atoms with E-state index in [0.717, 1.165) is 5.57 Å². The molecule has 0 fully saturated rings. The van der Waals surface area contributed by atoms with Gasteiger partial charge in [0.25, 0.3) is 0 Å². The van der Waals surface area contributed by atoms with Gasteiger partial charge in [0, 0.05) is 5.57 Å². The second-order valence-electron chi connectivity index (χ2n) is 3.33. The van der Waals surface area contributed by atoms with Gasteiger partial charge in [-0.05, 0) is 24.6 Å². The SMILES string of the molecule is CC1=CC=C=C(c2ccccc2)C=C1. The van der Waals surface area contributed by atoms with Crippen molar-refractivity contribution in [1.29, 1.82) is 0 Å². The molecule has 0 N–H and O–H groups in total. The Kier molecular flexibility index (Phi) is 2.48. The van der Waals surface area contributed by atoms with E-state index >= 15 is 0 Å². The Hall–Kier alpha value is -1.78. The number of rotatable bonds is 1. The predicted molar refractivity (Wildman–Crippen MR) is 60.8 cm³/mol. The van der Waals surface area contributed by atoms with Crippen LogP contribution in [0, 0.1) is 0 Å². The Morgan fingerprint density at radius 3 is 2.57 bits per heavy atom. The molecule has 0 nitrogen and oxygen atoms in total. The molecule has 14 heavy (non-hydrogen) atoms. The van der Waals surface area contributed by atoms with Crippen molar-refractivity contribution in [3.05, 3.63) is 71.5 Å². The number of allylic oxidation sites excluding steroid dienone is 5. The maximum absolute atomic E-state index is 3.26. The minimum Gasteiger partial charge on any atom is -0.112 e. The molecule has 0 heteroatoms. The standard InChI is InChI=1S/C14H12/c1-12-6-5-9-14(11-10-12)13-7-3-2-4-8-13/h2-8,10-11H,1H3. The van der Waals surface area contributed by atoms with Crippen LogP contribution in [-0.2, 0) is 0 Å². The number of hydrogen-bond acceptors (Lipinski definition) is 0. The molecule has 0 atom stereocenters. The van der Waals surface area contributed by atoms with Crippen LogP contribution in [0.2, 0.25) is 0 Å². The largest absolute Gasteiger partial charge is 0.112 e. The van der Waals surface area contributed by atoms with Crippen molar-refractivity contribution < 1.29 is 0 Å². The summed E-state index contributed by atoms with van der Waals surface area (Å²) in [5, 5.41) is 0. The van der Waals surface area contributed by atoms with Crippen molar-refractivity contribution in [1.82, 2.24) is 0 Å². The molecule has 0 radical (unpaired) electrons. The highest BCUT2D eigenvalue weighted by atomic mass is 14.0. The fourth-order valence-corrected chi connectivity index (χ4v) is 1.38. The Morgan fingerprint density at radius 2 is 1.79 bits per heavy atom. The van der Waals surface area contributed by atoms with Crippen molar-refractivity contribution >= 4 is 5.57 Å². The number of benzene rings is 1. The van der Waals surface area contributed by atoms with Crippen molar-refractivity contribution in [2.75, 3.05) is 0 Å². The Balaban J connectivity index is 2.40. The molecule has 0 aromatic heterocycles. The topological polar surface area (TPSA) is 0 Å². The van der Waals surface area contributed by atoms with Gasteiger partial charge in [-0.15, -0.1) is 5.73 Å². The zero-order chi connectivity index (χ0) is 9.80. The van der Waals surface area contributed by atoms with E-state index in [1.54, 1.807) is 0 Å². The van der Waals surface area contributed by atoms with Crippen LogP contribution in [0.3, 0.4) is 0 Å². The van der Waals surface area contributed by atoms with E-state index < -0.39 is 0 Å². The lowest BCUT2D eigenvalue weighted by Gasteiger charge is -1.97. The Labute approximate surface area is 84.6 Å². The predicted octanol–water partition coefficient (Wildman–Crippen LogP) is 3.74. The summed E-state index contributed by atoms with van der Waals surface area (Å²) < 4.78 is 0. The molecule has 0 unspecified atom stereocenters. The third kappa shape index (κ3) is 1.93. The zero-order valence-electron chi connectivity index (χ0n) is 8.20. The zero-order valence-corrected chi connectivity index (χ0v) is 8.20. The van der Waals surface area contributed by atoms with Crippen molar-refractivity contribution in [3.8, 4) is 0 Å². The monoisotopic (exact) mass is 180 g/mol. The van der Waals surface area contributed by atoms with Crippen molar-refractivity contribution in [3.63, 3.8) is 0 Å². The summed E-state index contributed by atoms with van der Waals surface area (Å²) >= 11 is 0. The smallest absolute Gasteiger partial charge is 0.0237 e. The highest BCUT2D eigenvalue weighted by Crippen LogP contribution is 2.16. The molecule has 1 aromatic carbocycles. The molecule has 0 spiro atoms. The molecule has 0 amide bonds. The molecule has 0 saturated carbocycles. The maximum atomic E-state index is 3.26. The first-order valence-corrected chi connectivity index (χ1v) is 4.73. The first-order valence-electron chi connectivity index (χ1n) is 4.73. The third-order valence-electron chi connectivity index (χ3n) is 2.18. The minimum atomic E-state index is 1.14. The van der Waals surface area contributed by atoms with Gasteiger partial charge in [0.05, 0.1) is 0 Å². The highest BCUT2D eigenvalue weighted by molar-refractivity contribution is 5.74. The van der Waals surface area contributed by atoms with Gasteiger partial charge in [-0.25, -0.2) is 0 Å². The average molecular weight is 180 g/mol. The quantitative estimate of drug-likeness (QED) is 0.577. The van der Waals surface area contributed by atoms with Crippen LogP contribution in [0.5, 0.6) is 0 Å². The van der Waals surface area contributed by atoms with Crippen molar-refractivity contribution in [2.24, 2.45) is 0 Å². The second-order valence-corrected chi connectivity index (χ2v) is 3.33. The van der Waals surface area contributed by atoms with E-state index in [1.807, 2.05) is 24.3 Å². The van der Waals surface area contributed by atoms with Crippen LogP contribution in [0.1, 0.15) is 12.5 Å². The summed E-state index contributed by atoms with van der Waals surface area (Å²) in [7, 11) is 0. The van der Waals surface area contributed by atoms with Gasteiger partial charge in [0.15, 0.2) is 0 Å². The summed E-state index contributed by atoms with van der Waals surface area (Å²) in [4.78, 5) is 0. The molecule has 1 aromatic rings. The third-order valence-corrected chi connectivity index (χ3v) is 2.18. The second kappa shape index (κ2) is 3.95. The molecule has 0 aliphatic heterocycles. The fourth-order valence-electron chi connectivity index (χ4n) is 1.38. The van der Waals surface area contributed by atoms with Gasteiger partial charge in [0.2, 0.25) is 0 Å². The fraction of sp³-hybridized carbons (Fsp3) is 0.0714. The molecule has 2 rings (SSSR count). The maximum Gasteiger partial charge on any atom is 0.0237 e. The highest BCUT2D eigenvalue weighted by Gasteiger charge is 1.96. The van der Waals surface area contributed by atoms with E-state index in [4.69, 9.17) is 0 Å². The van der Waals surface area contributed by atoms with Gasteiger partial charge in [0.1, 0.15) is 0 Å². The van der Waals surface area contributed by atoms with E-state index in [-0.39, 0.29) is 0 Å².